The Morgan fingerprint density at radius 1 is 1.27 bits per heavy atom. The Hall–Kier alpha value is -0.0700. The van der Waals surface area contributed by atoms with Crippen molar-refractivity contribution in [3.8, 4) is 0 Å². The van der Waals surface area contributed by atoms with Gasteiger partial charge in [-0.05, 0) is 50.9 Å². The number of carbonyl (C=O) groups excluding carboxylic acids is 1. The molecule has 0 aliphatic carbocycles. The average Bonchev–Trinajstić information content (AvgIpc) is 2.11. The molecule has 0 fully saturated rings. The minimum atomic E-state index is -0.221. The molecule has 1 aromatic rings. The van der Waals surface area contributed by atoms with Gasteiger partial charge < -0.3 is 10.6 Å². The van der Waals surface area contributed by atoms with E-state index in [1.54, 1.807) is 0 Å². The largest absolute Gasteiger partial charge is 0.338 e. The van der Waals surface area contributed by atoms with Crippen molar-refractivity contribution in [3.05, 3.63) is 25.6 Å². The van der Waals surface area contributed by atoms with E-state index in [0.29, 0.717) is 12.2 Å². The summed E-state index contributed by atoms with van der Waals surface area (Å²) in [6.07, 6.45) is 0. The van der Waals surface area contributed by atoms with Gasteiger partial charge in [0, 0.05) is 20.0 Å². The molecule has 3 nitrogen and oxygen atoms in total. The van der Waals surface area contributed by atoms with Gasteiger partial charge in [-0.3, -0.25) is 0 Å². The van der Waals surface area contributed by atoms with Crippen molar-refractivity contribution in [3.63, 3.8) is 0 Å². The van der Waals surface area contributed by atoms with Crippen LogP contribution in [0.2, 0.25) is 0 Å². The molecular weight excluding hydrogens is 392 g/mol. The second kappa shape index (κ2) is 5.86. The van der Waals surface area contributed by atoms with Crippen LogP contribution in [0.25, 0.3) is 0 Å². The van der Waals surface area contributed by atoms with Gasteiger partial charge in [0.1, 0.15) is 0 Å². The van der Waals surface area contributed by atoms with Gasteiger partial charge in [-0.1, -0.05) is 15.9 Å². The van der Waals surface area contributed by atoms with Crippen molar-refractivity contribution in [1.82, 2.24) is 5.32 Å². The molecule has 0 aliphatic rings. The van der Waals surface area contributed by atoms with Crippen LogP contribution >= 0.6 is 47.8 Å². The van der Waals surface area contributed by atoms with E-state index in [9.17, 15) is 4.79 Å². The maximum absolute atomic E-state index is 11.3. The highest BCUT2D eigenvalue weighted by molar-refractivity contribution is 9.11. The minimum Gasteiger partial charge on any atom is -0.338 e. The van der Waals surface area contributed by atoms with E-state index in [1.807, 2.05) is 19.1 Å². The topological polar surface area (TPSA) is 41.1 Å². The lowest BCUT2D eigenvalue weighted by atomic mass is 10.3. The molecule has 0 heterocycles. The maximum atomic E-state index is 11.3. The van der Waals surface area contributed by atoms with E-state index >= 15 is 0 Å². The number of rotatable bonds is 2. The van der Waals surface area contributed by atoms with Crippen LogP contribution in [-0.4, -0.2) is 12.6 Å². The zero-order valence-electron chi connectivity index (χ0n) is 7.90. The number of nitrogens with one attached hydrogen (secondary N) is 2. The Morgan fingerprint density at radius 2 is 1.80 bits per heavy atom. The second-order valence-corrected chi connectivity index (χ2v) is 5.35. The van der Waals surface area contributed by atoms with Crippen LogP contribution in [0.15, 0.2) is 25.6 Å². The third kappa shape index (κ3) is 3.77. The number of hydrogen-bond donors (Lipinski definition) is 2. The maximum Gasteiger partial charge on any atom is 0.319 e. The van der Waals surface area contributed by atoms with Gasteiger partial charge in [0.05, 0.1) is 5.69 Å². The standard InChI is InChI=1S/C9H9Br3N2O/c1-2-13-9(15)14-8-6(11)3-5(10)4-7(8)12/h3-4H,2H2,1H3,(H2,13,14,15). The normalized spacial score (nSPS) is 9.87. The number of carbonyl (C=O) groups is 1. The molecule has 1 aromatic carbocycles. The van der Waals surface area contributed by atoms with E-state index < -0.39 is 0 Å². The van der Waals surface area contributed by atoms with E-state index in [2.05, 4.69) is 58.4 Å². The highest BCUT2D eigenvalue weighted by Gasteiger charge is 2.09. The van der Waals surface area contributed by atoms with Crippen molar-refractivity contribution in [2.75, 3.05) is 11.9 Å². The van der Waals surface area contributed by atoms with E-state index in [-0.39, 0.29) is 6.03 Å². The highest BCUT2D eigenvalue weighted by Crippen LogP contribution is 2.34. The summed E-state index contributed by atoms with van der Waals surface area (Å²) in [5.41, 5.74) is 0.712. The van der Waals surface area contributed by atoms with Crippen LogP contribution in [0.5, 0.6) is 0 Å². The Bertz CT molecular complexity index is 359. The predicted octanol–water partition coefficient (Wildman–Crippen LogP) is 4.12. The van der Waals surface area contributed by atoms with Crippen LogP contribution in [-0.2, 0) is 0 Å². The molecule has 0 saturated carbocycles. The summed E-state index contributed by atoms with van der Waals surface area (Å²) in [4.78, 5) is 11.3. The molecule has 1 rings (SSSR count). The fraction of sp³-hybridized carbons (Fsp3) is 0.222. The molecule has 0 saturated heterocycles. The Kier molecular flexibility index (Phi) is 5.08. The average molecular weight is 401 g/mol. The summed E-state index contributed by atoms with van der Waals surface area (Å²) in [5, 5.41) is 5.40. The lowest BCUT2D eigenvalue weighted by molar-refractivity contribution is 0.252. The number of halogens is 3. The number of urea groups is 1. The number of amides is 2. The molecular formula is C9H9Br3N2O. The molecule has 0 atom stereocenters. The summed E-state index contributed by atoms with van der Waals surface area (Å²) in [6.45, 7) is 2.46. The fourth-order valence-electron chi connectivity index (χ4n) is 0.980. The van der Waals surface area contributed by atoms with E-state index in [1.165, 1.54) is 0 Å². The predicted molar refractivity (Wildman–Crippen MR) is 72.2 cm³/mol. The first kappa shape index (κ1) is 13.0. The Morgan fingerprint density at radius 3 is 2.27 bits per heavy atom. The van der Waals surface area contributed by atoms with Crippen LogP contribution in [0.4, 0.5) is 10.5 Å². The highest BCUT2D eigenvalue weighted by atomic mass is 79.9. The van der Waals surface area contributed by atoms with Crippen LogP contribution in [0, 0.1) is 0 Å². The van der Waals surface area contributed by atoms with E-state index in [0.717, 1.165) is 13.4 Å². The van der Waals surface area contributed by atoms with Gasteiger partial charge in [0.25, 0.3) is 0 Å². The zero-order valence-corrected chi connectivity index (χ0v) is 12.7. The van der Waals surface area contributed by atoms with Gasteiger partial charge in [0.2, 0.25) is 0 Å². The fourth-order valence-corrected chi connectivity index (χ4v) is 3.44. The molecule has 2 N–H and O–H groups in total. The first-order valence-corrected chi connectivity index (χ1v) is 6.62. The summed E-state index contributed by atoms with van der Waals surface area (Å²) in [6, 6.07) is 3.51. The van der Waals surface area contributed by atoms with Crippen LogP contribution in [0.3, 0.4) is 0 Å². The third-order valence-corrected chi connectivity index (χ3v) is 3.29. The molecule has 15 heavy (non-hydrogen) atoms. The number of anilines is 1. The third-order valence-electron chi connectivity index (χ3n) is 1.58. The molecule has 6 heteroatoms. The van der Waals surface area contributed by atoms with Crippen molar-refractivity contribution in [1.29, 1.82) is 0 Å². The first-order valence-electron chi connectivity index (χ1n) is 4.24. The van der Waals surface area contributed by atoms with Gasteiger partial charge >= 0.3 is 6.03 Å². The Labute approximate surface area is 113 Å². The quantitative estimate of drug-likeness (QED) is 0.770. The summed E-state index contributed by atoms with van der Waals surface area (Å²) >= 11 is 10.1. The van der Waals surface area contributed by atoms with Gasteiger partial charge in [0.15, 0.2) is 0 Å². The number of hydrogen-bond acceptors (Lipinski definition) is 1. The molecule has 0 aromatic heterocycles. The molecule has 0 unspecified atom stereocenters. The molecule has 0 radical (unpaired) electrons. The lowest BCUT2D eigenvalue weighted by Crippen LogP contribution is -2.28. The Balaban J connectivity index is 2.90. The summed E-state index contributed by atoms with van der Waals surface area (Å²) in [7, 11) is 0. The summed E-state index contributed by atoms with van der Waals surface area (Å²) < 4.78 is 2.56. The van der Waals surface area contributed by atoms with Gasteiger partial charge in [-0.15, -0.1) is 0 Å². The van der Waals surface area contributed by atoms with Crippen LogP contribution < -0.4 is 10.6 Å². The first-order chi connectivity index (χ1) is 7.04. The minimum absolute atomic E-state index is 0.221. The van der Waals surface area contributed by atoms with Crippen molar-refractivity contribution < 1.29 is 4.79 Å². The number of benzene rings is 1. The zero-order chi connectivity index (χ0) is 11.4. The molecule has 82 valence electrons. The lowest BCUT2D eigenvalue weighted by Gasteiger charge is -2.10. The SMILES string of the molecule is CCNC(=O)Nc1c(Br)cc(Br)cc1Br. The van der Waals surface area contributed by atoms with Gasteiger partial charge in [-0.2, -0.15) is 0 Å². The van der Waals surface area contributed by atoms with E-state index in [4.69, 9.17) is 0 Å². The van der Waals surface area contributed by atoms with Gasteiger partial charge in [-0.25, -0.2) is 4.79 Å². The smallest absolute Gasteiger partial charge is 0.319 e. The van der Waals surface area contributed by atoms with Crippen molar-refractivity contribution in [2.24, 2.45) is 0 Å². The molecule has 0 spiro atoms. The second-order valence-electron chi connectivity index (χ2n) is 2.73. The molecule has 0 aliphatic heterocycles. The molecule has 0 bridgehead atoms. The summed E-state index contributed by atoms with van der Waals surface area (Å²) in [5.74, 6) is 0. The van der Waals surface area contributed by atoms with Crippen molar-refractivity contribution in [2.45, 2.75) is 6.92 Å². The monoisotopic (exact) mass is 398 g/mol. The van der Waals surface area contributed by atoms with Crippen molar-refractivity contribution >= 4 is 59.5 Å². The molecule has 2 amide bonds. The van der Waals surface area contributed by atoms with Crippen LogP contribution in [0.1, 0.15) is 6.92 Å².